The van der Waals surface area contributed by atoms with Crippen LogP contribution in [0.4, 0.5) is 4.39 Å². The predicted octanol–water partition coefficient (Wildman–Crippen LogP) is 3.95. The Balaban J connectivity index is 2.30. The first-order chi connectivity index (χ1) is 9.56. The molecule has 1 heterocycles. The first-order valence-electron chi connectivity index (χ1n) is 6.45. The maximum absolute atomic E-state index is 14.1. The topological polar surface area (TPSA) is 32.9 Å². The van der Waals surface area contributed by atoms with E-state index in [2.05, 4.69) is 4.98 Å². The minimum atomic E-state index is -0.320. The number of aromatic amines is 1. The molecule has 20 heavy (non-hydrogen) atoms. The lowest BCUT2D eigenvalue weighted by molar-refractivity contribution is 0.629. The number of fused-ring (bicyclic) bond motifs is 1. The third kappa shape index (κ3) is 2.01. The van der Waals surface area contributed by atoms with Crippen LogP contribution in [0.25, 0.3) is 22.2 Å². The smallest absolute Gasteiger partial charge is 0.190 e. The zero-order valence-electron chi connectivity index (χ0n) is 11.3. The molecule has 1 N–H and O–H groups in total. The van der Waals surface area contributed by atoms with Crippen LogP contribution in [0.5, 0.6) is 0 Å². The largest absolute Gasteiger partial charge is 0.354 e. The van der Waals surface area contributed by atoms with Gasteiger partial charge in [0.25, 0.3) is 0 Å². The van der Waals surface area contributed by atoms with E-state index in [0.29, 0.717) is 22.2 Å². The van der Waals surface area contributed by atoms with Gasteiger partial charge in [0.2, 0.25) is 0 Å². The molecule has 0 aliphatic carbocycles. The molecule has 0 saturated heterocycles. The van der Waals surface area contributed by atoms with Crippen molar-refractivity contribution in [1.82, 2.24) is 4.98 Å². The molecule has 2 nitrogen and oxygen atoms in total. The van der Waals surface area contributed by atoms with E-state index in [4.69, 9.17) is 0 Å². The summed E-state index contributed by atoms with van der Waals surface area (Å²) >= 11 is 0. The first-order valence-corrected chi connectivity index (χ1v) is 6.45. The Labute approximate surface area is 115 Å². The summed E-state index contributed by atoms with van der Waals surface area (Å²) in [5.41, 5.74) is 3.44. The zero-order valence-corrected chi connectivity index (χ0v) is 11.3. The standard InChI is InChI=1S/C17H14FNO/c1-10-7-13(14(18)8-11(10)2)16-9-17(20)12-5-3-4-6-15(12)19-16/h3-9H,1-2H3,(H,19,20). The molecule has 0 aliphatic rings. The van der Waals surface area contributed by atoms with Crippen molar-refractivity contribution in [3.63, 3.8) is 0 Å². The number of halogens is 1. The monoisotopic (exact) mass is 267 g/mol. The van der Waals surface area contributed by atoms with E-state index in [0.717, 1.165) is 11.1 Å². The van der Waals surface area contributed by atoms with Crippen molar-refractivity contribution in [2.24, 2.45) is 0 Å². The number of para-hydroxylation sites is 1. The summed E-state index contributed by atoms with van der Waals surface area (Å²) in [4.78, 5) is 15.2. The fraction of sp³-hybridized carbons (Fsp3) is 0.118. The first kappa shape index (κ1) is 12.6. The number of hydrogen-bond acceptors (Lipinski definition) is 1. The van der Waals surface area contributed by atoms with Gasteiger partial charge < -0.3 is 4.98 Å². The second kappa shape index (κ2) is 4.60. The Bertz CT molecular complexity index is 864. The molecular formula is C17H14FNO. The van der Waals surface area contributed by atoms with Gasteiger partial charge in [-0.15, -0.1) is 0 Å². The SMILES string of the molecule is Cc1cc(F)c(-c2cc(=O)c3ccccc3[nH]2)cc1C. The van der Waals surface area contributed by atoms with Gasteiger partial charge in [-0.1, -0.05) is 12.1 Å². The van der Waals surface area contributed by atoms with Crippen LogP contribution in [-0.4, -0.2) is 4.98 Å². The molecule has 0 aliphatic heterocycles. The van der Waals surface area contributed by atoms with Crippen molar-refractivity contribution in [2.45, 2.75) is 13.8 Å². The van der Waals surface area contributed by atoms with E-state index in [1.54, 1.807) is 12.1 Å². The maximum atomic E-state index is 14.1. The molecule has 3 rings (SSSR count). The summed E-state index contributed by atoms with van der Waals surface area (Å²) in [6.07, 6.45) is 0. The quantitative estimate of drug-likeness (QED) is 0.711. The summed E-state index contributed by atoms with van der Waals surface area (Å²) in [7, 11) is 0. The molecule has 2 aromatic carbocycles. The fourth-order valence-electron chi connectivity index (χ4n) is 2.33. The lowest BCUT2D eigenvalue weighted by atomic mass is 10.0. The Morgan fingerprint density at radius 3 is 2.50 bits per heavy atom. The van der Waals surface area contributed by atoms with Gasteiger partial charge in [0.05, 0.1) is 5.69 Å². The van der Waals surface area contributed by atoms with E-state index in [1.165, 1.54) is 12.1 Å². The van der Waals surface area contributed by atoms with Gasteiger partial charge in [-0.25, -0.2) is 4.39 Å². The molecule has 3 aromatic rings. The van der Waals surface area contributed by atoms with Gasteiger partial charge in [0, 0.05) is 22.5 Å². The number of pyridine rings is 1. The third-order valence-electron chi connectivity index (χ3n) is 3.61. The highest BCUT2D eigenvalue weighted by atomic mass is 19.1. The lowest BCUT2D eigenvalue weighted by Gasteiger charge is -2.09. The number of benzene rings is 2. The number of nitrogens with one attached hydrogen (secondary N) is 1. The van der Waals surface area contributed by atoms with Crippen molar-refractivity contribution in [3.8, 4) is 11.3 Å². The van der Waals surface area contributed by atoms with E-state index in [-0.39, 0.29) is 11.2 Å². The van der Waals surface area contributed by atoms with Crippen LogP contribution < -0.4 is 5.43 Å². The van der Waals surface area contributed by atoms with Crippen LogP contribution in [0.2, 0.25) is 0 Å². The molecule has 1 aromatic heterocycles. The molecule has 3 heteroatoms. The molecule has 0 saturated carbocycles. The minimum absolute atomic E-state index is 0.105. The fourth-order valence-corrected chi connectivity index (χ4v) is 2.33. The summed E-state index contributed by atoms with van der Waals surface area (Å²) in [6, 6.07) is 12.0. The molecule has 100 valence electrons. The second-order valence-electron chi connectivity index (χ2n) is 5.01. The lowest BCUT2D eigenvalue weighted by Crippen LogP contribution is -2.03. The second-order valence-corrected chi connectivity index (χ2v) is 5.01. The van der Waals surface area contributed by atoms with Gasteiger partial charge in [0.15, 0.2) is 5.43 Å². The van der Waals surface area contributed by atoms with E-state index in [1.807, 2.05) is 32.0 Å². The van der Waals surface area contributed by atoms with Crippen molar-refractivity contribution >= 4 is 10.9 Å². The van der Waals surface area contributed by atoms with Crippen LogP contribution >= 0.6 is 0 Å². The van der Waals surface area contributed by atoms with Crippen LogP contribution in [0, 0.1) is 19.7 Å². The van der Waals surface area contributed by atoms with E-state index < -0.39 is 0 Å². The predicted molar refractivity (Wildman–Crippen MR) is 79.4 cm³/mol. The maximum Gasteiger partial charge on any atom is 0.190 e. The van der Waals surface area contributed by atoms with Gasteiger partial charge in [-0.05, 0) is 49.2 Å². The summed E-state index contributed by atoms with van der Waals surface area (Å²) in [5, 5.41) is 0.612. The zero-order chi connectivity index (χ0) is 14.3. The molecule has 0 radical (unpaired) electrons. The van der Waals surface area contributed by atoms with E-state index in [9.17, 15) is 9.18 Å². The molecule has 0 atom stereocenters. The molecule has 0 fully saturated rings. The van der Waals surface area contributed by atoms with E-state index >= 15 is 0 Å². The van der Waals surface area contributed by atoms with Crippen molar-refractivity contribution in [1.29, 1.82) is 0 Å². The van der Waals surface area contributed by atoms with Gasteiger partial charge >= 0.3 is 0 Å². The van der Waals surface area contributed by atoms with Crippen LogP contribution in [0.3, 0.4) is 0 Å². The third-order valence-corrected chi connectivity index (χ3v) is 3.61. The van der Waals surface area contributed by atoms with Crippen molar-refractivity contribution in [2.75, 3.05) is 0 Å². The highest BCUT2D eigenvalue weighted by molar-refractivity contribution is 5.81. The van der Waals surface area contributed by atoms with Crippen molar-refractivity contribution < 1.29 is 4.39 Å². The molecule has 0 unspecified atom stereocenters. The average molecular weight is 267 g/mol. The summed E-state index contributed by atoms with van der Waals surface area (Å²) in [5.74, 6) is -0.320. The summed E-state index contributed by atoms with van der Waals surface area (Å²) < 4.78 is 14.1. The Kier molecular flexibility index (Phi) is 2.90. The van der Waals surface area contributed by atoms with Crippen LogP contribution in [0.1, 0.15) is 11.1 Å². The highest BCUT2D eigenvalue weighted by Crippen LogP contribution is 2.24. The average Bonchev–Trinajstić information content (AvgIpc) is 2.43. The number of hydrogen-bond donors (Lipinski definition) is 1. The van der Waals surface area contributed by atoms with Crippen LogP contribution in [0.15, 0.2) is 47.3 Å². The number of aryl methyl sites for hydroxylation is 2. The van der Waals surface area contributed by atoms with Gasteiger partial charge in [0.1, 0.15) is 5.82 Å². The number of H-pyrrole nitrogens is 1. The molecular weight excluding hydrogens is 253 g/mol. The Morgan fingerprint density at radius 2 is 1.70 bits per heavy atom. The number of aromatic nitrogens is 1. The Morgan fingerprint density at radius 1 is 1.00 bits per heavy atom. The Hall–Kier alpha value is -2.42. The molecule has 0 amide bonds. The van der Waals surface area contributed by atoms with Crippen LogP contribution in [-0.2, 0) is 0 Å². The highest BCUT2D eigenvalue weighted by Gasteiger charge is 2.10. The molecule has 0 bridgehead atoms. The molecule has 0 spiro atoms. The van der Waals surface area contributed by atoms with Crippen molar-refractivity contribution in [3.05, 3.63) is 69.6 Å². The number of rotatable bonds is 1. The van der Waals surface area contributed by atoms with Gasteiger partial charge in [-0.2, -0.15) is 0 Å². The minimum Gasteiger partial charge on any atom is -0.354 e. The van der Waals surface area contributed by atoms with Gasteiger partial charge in [-0.3, -0.25) is 4.79 Å². The normalized spacial score (nSPS) is 10.9. The summed E-state index contributed by atoms with van der Waals surface area (Å²) in [6.45, 7) is 3.79.